The molecular weight excluding hydrogens is 646 g/mol. The third-order valence-corrected chi connectivity index (χ3v) is 9.45. The van der Waals surface area contributed by atoms with Gasteiger partial charge < -0.3 is 9.88 Å². The van der Waals surface area contributed by atoms with Crippen molar-refractivity contribution in [2.45, 2.75) is 12.5 Å². The van der Waals surface area contributed by atoms with Gasteiger partial charge in [-0.1, -0.05) is 95.1 Å². The van der Waals surface area contributed by atoms with Gasteiger partial charge in [0.2, 0.25) is 5.91 Å². The standard InChI is InChI=1S/C33H31Cl2N6O4P/c1-46(2,43)28-15-10-25(11-16-28)24-8-13-27(14-9-24)36-33(42)31(18-23-6-4-3-5-7-23)41-22-44-40(21-45-41)30-19-26(34)12-17-29(30)39-20-32(35)37-38-39/h3-17,19-20,31H,18,21-22H2,1-2H3,(H,36,42). The molecule has 1 aliphatic heterocycles. The summed E-state index contributed by atoms with van der Waals surface area (Å²) >= 11 is 12.3. The lowest BCUT2D eigenvalue weighted by atomic mass is 10.0. The van der Waals surface area contributed by atoms with E-state index in [4.69, 9.17) is 32.9 Å². The highest BCUT2D eigenvalue weighted by molar-refractivity contribution is 7.70. The van der Waals surface area contributed by atoms with E-state index in [1.165, 1.54) is 14.8 Å². The van der Waals surface area contributed by atoms with Gasteiger partial charge in [0.25, 0.3) is 0 Å². The number of aromatic nitrogens is 3. The highest BCUT2D eigenvalue weighted by atomic mass is 35.5. The minimum Gasteiger partial charge on any atom is -0.325 e. The summed E-state index contributed by atoms with van der Waals surface area (Å²) in [5.74, 6) is -0.250. The number of nitrogens with zero attached hydrogens (tertiary/aromatic N) is 5. The van der Waals surface area contributed by atoms with E-state index in [-0.39, 0.29) is 24.5 Å². The van der Waals surface area contributed by atoms with Crippen LogP contribution in [0.25, 0.3) is 16.8 Å². The summed E-state index contributed by atoms with van der Waals surface area (Å²) in [5, 5.41) is 15.6. The summed E-state index contributed by atoms with van der Waals surface area (Å²) in [6.07, 6.45) is 1.96. The molecule has 1 N–H and O–H groups in total. The van der Waals surface area contributed by atoms with Crippen LogP contribution in [0, 0.1) is 0 Å². The molecule has 1 unspecified atom stereocenters. The third-order valence-electron chi connectivity index (χ3n) is 7.50. The molecule has 1 aliphatic rings. The topological polar surface area (TPSA) is 102 Å². The summed E-state index contributed by atoms with van der Waals surface area (Å²) in [5.41, 5.74) is 4.81. The molecule has 10 nitrogen and oxygen atoms in total. The van der Waals surface area contributed by atoms with Crippen molar-refractivity contribution in [1.29, 1.82) is 0 Å². The van der Waals surface area contributed by atoms with E-state index in [0.717, 1.165) is 22.0 Å². The van der Waals surface area contributed by atoms with E-state index < -0.39 is 13.2 Å². The second kappa shape index (κ2) is 13.8. The smallest absolute Gasteiger partial charge is 0.244 e. The van der Waals surface area contributed by atoms with E-state index in [9.17, 15) is 9.36 Å². The minimum atomic E-state index is -2.32. The van der Waals surface area contributed by atoms with E-state index in [1.807, 2.05) is 78.9 Å². The number of benzene rings is 4. The molecule has 13 heteroatoms. The number of anilines is 2. The van der Waals surface area contributed by atoms with E-state index in [2.05, 4.69) is 15.6 Å². The molecule has 46 heavy (non-hydrogen) atoms. The molecule has 0 bridgehead atoms. The molecule has 236 valence electrons. The third kappa shape index (κ3) is 7.50. The normalized spacial score (nSPS) is 14.7. The van der Waals surface area contributed by atoms with Crippen molar-refractivity contribution in [3.8, 4) is 16.8 Å². The Hall–Kier alpha value is -4.02. The highest BCUT2D eigenvalue weighted by Gasteiger charge is 2.32. The fraction of sp³-hybridized carbons (Fsp3) is 0.182. The first-order valence-corrected chi connectivity index (χ1v) is 17.8. The van der Waals surface area contributed by atoms with Crippen molar-refractivity contribution in [2.75, 3.05) is 37.2 Å². The maximum absolute atomic E-state index is 13.8. The first kappa shape index (κ1) is 31.9. The van der Waals surface area contributed by atoms with Crippen LogP contribution in [0.5, 0.6) is 0 Å². The zero-order valence-electron chi connectivity index (χ0n) is 25.1. The maximum Gasteiger partial charge on any atom is 0.244 e. The van der Waals surface area contributed by atoms with Gasteiger partial charge in [-0.3, -0.25) is 14.5 Å². The Morgan fingerprint density at radius 3 is 2.20 bits per heavy atom. The minimum absolute atomic E-state index is 0.0205. The Bertz CT molecular complexity index is 1860. The second-order valence-electron chi connectivity index (χ2n) is 11.1. The fourth-order valence-electron chi connectivity index (χ4n) is 5.05. The summed E-state index contributed by atoms with van der Waals surface area (Å²) in [4.78, 5) is 26.0. The van der Waals surface area contributed by atoms with Crippen LogP contribution in [0.4, 0.5) is 11.4 Å². The van der Waals surface area contributed by atoms with Gasteiger partial charge in [0.05, 0.1) is 17.6 Å². The van der Waals surface area contributed by atoms with E-state index in [0.29, 0.717) is 28.5 Å². The average molecular weight is 678 g/mol. The number of carbonyl (C=O) groups is 1. The maximum atomic E-state index is 13.8. The number of amides is 1. The molecule has 0 spiro atoms. The molecule has 1 atom stereocenters. The summed E-state index contributed by atoms with van der Waals surface area (Å²) in [6.45, 7) is 3.46. The number of nitrogens with one attached hydrogen (secondary N) is 1. The Balaban J connectivity index is 1.17. The molecule has 6 rings (SSSR count). The van der Waals surface area contributed by atoms with Crippen LogP contribution in [0.2, 0.25) is 10.2 Å². The van der Waals surface area contributed by atoms with Crippen LogP contribution in [0.3, 0.4) is 0 Å². The van der Waals surface area contributed by atoms with E-state index >= 15 is 0 Å². The van der Waals surface area contributed by atoms with Crippen LogP contribution in [-0.2, 0) is 25.5 Å². The van der Waals surface area contributed by atoms with Crippen molar-refractivity contribution in [3.05, 3.63) is 119 Å². The summed E-state index contributed by atoms with van der Waals surface area (Å²) in [6, 6.07) is 29.6. The number of carbonyl (C=O) groups excluding carboxylic acids is 1. The first-order valence-electron chi connectivity index (χ1n) is 14.4. The van der Waals surface area contributed by atoms with Crippen LogP contribution in [-0.4, -0.2) is 58.8 Å². The Kier molecular flexibility index (Phi) is 9.56. The SMILES string of the molecule is CP(C)(=O)c1ccc(-c2ccc(NC(=O)C(Cc3ccccc3)N3CON(c4cc(Cl)ccc4-n4cc(Cl)nn4)CO3)cc2)cc1. The second-order valence-corrected chi connectivity index (χ2v) is 15.1. The number of rotatable bonds is 9. The van der Waals surface area contributed by atoms with Gasteiger partial charge in [-0.05, 0) is 66.8 Å². The van der Waals surface area contributed by atoms with Crippen LogP contribution < -0.4 is 15.7 Å². The molecule has 1 fully saturated rings. The molecule has 1 saturated heterocycles. The predicted octanol–water partition coefficient (Wildman–Crippen LogP) is 6.64. The van der Waals surface area contributed by atoms with Crippen LogP contribution in [0.15, 0.2) is 103 Å². The lowest BCUT2D eigenvalue weighted by Crippen LogP contribution is -2.52. The molecule has 2 heterocycles. The molecule has 0 saturated carbocycles. The van der Waals surface area contributed by atoms with Gasteiger partial charge >= 0.3 is 0 Å². The Morgan fingerprint density at radius 1 is 0.891 bits per heavy atom. The molecule has 5 aromatic rings. The van der Waals surface area contributed by atoms with Crippen molar-refractivity contribution >= 4 is 52.9 Å². The zero-order chi connectivity index (χ0) is 32.3. The molecule has 1 aromatic heterocycles. The number of hydrogen-bond acceptors (Lipinski definition) is 8. The van der Waals surface area contributed by atoms with Crippen LogP contribution >= 0.6 is 30.3 Å². The Labute approximate surface area is 276 Å². The van der Waals surface area contributed by atoms with Gasteiger partial charge in [0, 0.05) is 16.0 Å². The Morgan fingerprint density at radius 2 is 1.59 bits per heavy atom. The van der Waals surface area contributed by atoms with Crippen molar-refractivity contribution in [3.63, 3.8) is 0 Å². The number of hydroxylamine groups is 3. The van der Waals surface area contributed by atoms with Gasteiger partial charge in [0.1, 0.15) is 13.2 Å². The molecule has 0 aliphatic carbocycles. The lowest BCUT2D eigenvalue weighted by molar-refractivity contribution is -0.279. The summed E-state index contributed by atoms with van der Waals surface area (Å²) in [7, 11) is -2.32. The number of halogens is 2. The van der Waals surface area contributed by atoms with E-state index in [1.54, 1.807) is 37.7 Å². The van der Waals surface area contributed by atoms with Gasteiger partial charge in [0.15, 0.2) is 18.6 Å². The molecule has 0 radical (unpaired) electrons. The highest BCUT2D eigenvalue weighted by Crippen LogP contribution is 2.35. The zero-order valence-corrected chi connectivity index (χ0v) is 27.5. The average Bonchev–Trinajstić information content (AvgIpc) is 3.50. The summed E-state index contributed by atoms with van der Waals surface area (Å²) < 4.78 is 13.9. The van der Waals surface area contributed by atoms with Crippen molar-refractivity contribution in [1.82, 2.24) is 20.1 Å². The number of hydrogen-bond donors (Lipinski definition) is 1. The fourth-order valence-corrected chi connectivity index (χ4v) is 6.20. The first-order chi connectivity index (χ1) is 22.1. The monoisotopic (exact) mass is 676 g/mol. The molecule has 4 aromatic carbocycles. The molecular formula is C33H31Cl2N6O4P. The van der Waals surface area contributed by atoms with Gasteiger partial charge in [-0.25, -0.2) is 9.75 Å². The van der Waals surface area contributed by atoms with Gasteiger partial charge in [-0.2, -0.15) is 0 Å². The van der Waals surface area contributed by atoms with Crippen LogP contribution in [0.1, 0.15) is 5.56 Å². The predicted molar refractivity (Wildman–Crippen MR) is 181 cm³/mol. The van der Waals surface area contributed by atoms with Crippen molar-refractivity contribution < 1.29 is 19.0 Å². The van der Waals surface area contributed by atoms with Crippen molar-refractivity contribution in [2.24, 2.45) is 0 Å². The lowest BCUT2D eigenvalue weighted by Gasteiger charge is -2.38. The largest absolute Gasteiger partial charge is 0.325 e. The van der Waals surface area contributed by atoms with Gasteiger partial charge in [-0.15, -0.1) is 10.2 Å². The quantitative estimate of drug-likeness (QED) is 0.174. The molecule has 1 amide bonds.